The smallest absolute Gasteiger partial charge is 0.414 e. The van der Waals surface area contributed by atoms with Crippen LogP contribution >= 0.6 is 11.8 Å². The van der Waals surface area contributed by atoms with Gasteiger partial charge in [0.2, 0.25) is 17.8 Å². The summed E-state index contributed by atoms with van der Waals surface area (Å²) in [5.41, 5.74) is 1.17. The average molecular weight is 1000 g/mol. The van der Waals surface area contributed by atoms with Gasteiger partial charge < -0.3 is 34.4 Å². The van der Waals surface area contributed by atoms with Crippen LogP contribution < -0.4 is 16.0 Å². The van der Waals surface area contributed by atoms with Gasteiger partial charge in [-0.3, -0.25) is 55.6 Å². The van der Waals surface area contributed by atoms with Crippen molar-refractivity contribution in [3.63, 3.8) is 0 Å². The van der Waals surface area contributed by atoms with Gasteiger partial charge in [0.25, 0.3) is 17.1 Å². The summed E-state index contributed by atoms with van der Waals surface area (Å²) in [6, 6.07) is 15.4. The maximum absolute atomic E-state index is 13.8. The Bertz CT molecular complexity index is 2520. The standard InChI is InChI=1S/C46H51N9O15S/c1-26-38-37(27(2)56)42(58)52(38)39(43(59)68-23-29-5-11-32(12-6-29)53(62)63)40(26)71-35-20-36(48-21-35)41(57)51-19-17-28(22-51)4-3-18-47-44(49-45(60)69-24-30-7-13-33(14-8-30)54(64)65)50-46(61)70-25-31-9-15-34(16-10-31)55(66)67/h5-16,26-28,35-38,48,56H,3-4,17-25H2,1-2H3,(H2,47,49,50,60,61)/t26-,27-,28+,35+,36+,37-,38-/m1/s1. The Labute approximate surface area is 409 Å². The van der Waals surface area contributed by atoms with Gasteiger partial charge in [-0.25, -0.2) is 14.4 Å². The largest absolute Gasteiger partial charge is 0.456 e. The number of nitrogens with zero attached hydrogens (tertiary/aromatic N) is 6. The summed E-state index contributed by atoms with van der Waals surface area (Å²) in [4.78, 5) is 106. The lowest BCUT2D eigenvalue weighted by atomic mass is 9.79. The molecular formula is C46H51N9O15S. The summed E-state index contributed by atoms with van der Waals surface area (Å²) >= 11 is 1.42. The molecule has 25 heteroatoms. The van der Waals surface area contributed by atoms with E-state index in [-0.39, 0.29) is 84.0 Å². The van der Waals surface area contributed by atoms with E-state index in [0.717, 1.165) is 6.42 Å². The molecular weight excluding hydrogens is 951 g/mol. The molecule has 0 saturated carbocycles. The van der Waals surface area contributed by atoms with Crippen molar-refractivity contribution >= 4 is 64.8 Å². The normalized spacial score (nSPS) is 21.6. The lowest BCUT2D eigenvalue weighted by Crippen LogP contribution is -2.63. The van der Waals surface area contributed by atoms with Crippen LogP contribution in [0.15, 0.2) is 88.4 Å². The molecule has 4 amide bonds. The third-order valence-electron chi connectivity index (χ3n) is 12.6. The number of esters is 1. The minimum absolute atomic E-state index is 0.0619. The molecule has 3 saturated heterocycles. The van der Waals surface area contributed by atoms with E-state index in [9.17, 15) is 59.4 Å². The molecule has 24 nitrogen and oxygen atoms in total. The van der Waals surface area contributed by atoms with Crippen LogP contribution in [0, 0.1) is 48.1 Å². The molecule has 3 aromatic rings. The molecule has 3 fully saturated rings. The highest BCUT2D eigenvalue weighted by molar-refractivity contribution is 8.03. The number of carbonyl (C=O) groups is 5. The second-order valence-corrected chi connectivity index (χ2v) is 18.8. The number of fused-ring (bicyclic) bond motifs is 1. The number of likely N-dealkylation sites (tertiary alicyclic amines) is 1. The number of amides is 4. The van der Waals surface area contributed by atoms with Crippen LogP contribution in [0.2, 0.25) is 0 Å². The van der Waals surface area contributed by atoms with E-state index in [1.807, 2.05) is 11.8 Å². The Hall–Kier alpha value is -7.51. The van der Waals surface area contributed by atoms with Gasteiger partial charge in [0.15, 0.2) is 0 Å². The summed E-state index contributed by atoms with van der Waals surface area (Å²) in [7, 11) is 0. The number of aliphatic hydroxyl groups excluding tert-OH is 1. The van der Waals surface area contributed by atoms with Crippen molar-refractivity contribution < 1.29 is 58.1 Å². The van der Waals surface area contributed by atoms with Gasteiger partial charge in [-0.2, -0.15) is 0 Å². The molecule has 0 radical (unpaired) electrons. The van der Waals surface area contributed by atoms with Crippen LogP contribution in [-0.4, -0.2) is 115 Å². The molecule has 4 aliphatic heterocycles. The lowest BCUT2D eigenvalue weighted by Gasteiger charge is -2.46. The third-order valence-corrected chi connectivity index (χ3v) is 14.1. The first-order chi connectivity index (χ1) is 34.0. The van der Waals surface area contributed by atoms with Gasteiger partial charge in [0.1, 0.15) is 25.5 Å². The maximum Gasteiger partial charge on any atom is 0.414 e. The number of non-ortho nitro benzene ring substituents is 3. The fourth-order valence-corrected chi connectivity index (χ4v) is 10.4. The summed E-state index contributed by atoms with van der Waals surface area (Å²) in [5.74, 6) is -2.30. The van der Waals surface area contributed by atoms with Gasteiger partial charge in [-0.15, -0.1) is 11.8 Å². The molecule has 4 heterocycles. The van der Waals surface area contributed by atoms with Gasteiger partial charge in [0.05, 0.1) is 38.9 Å². The van der Waals surface area contributed by atoms with E-state index in [0.29, 0.717) is 60.5 Å². The van der Waals surface area contributed by atoms with Crippen molar-refractivity contribution in [2.75, 3.05) is 26.2 Å². The number of hydrogen-bond donors (Lipinski definition) is 4. The summed E-state index contributed by atoms with van der Waals surface area (Å²) in [6.45, 7) is 4.40. The van der Waals surface area contributed by atoms with Crippen molar-refractivity contribution in [2.24, 2.45) is 22.7 Å². The van der Waals surface area contributed by atoms with E-state index in [2.05, 4.69) is 20.9 Å². The number of nitro groups is 3. The first kappa shape index (κ1) is 51.3. The molecule has 0 bridgehead atoms. The molecule has 4 aliphatic rings. The van der Waals surface area contributed by atoms with Gasteiger partial charge in [-0.1, -0.05) is 6.92 Å². The Morgan fingerprint density at radius 3 is 1.83 bits per heavy atom. The SMILES string of the molecule is C[C@@H](O)[C@H]1C(=O)N2C(C(=O)OCc3ccc([N+](=O)[O-])cc3)=C(S[C@@H]3CN[C@H](C(=O)N4CC[C@H](CCCN=C(NC(=O)OCc5ccc([N+](=O)[O-])cc5)NC(=O)OCc5ccc([N+](=O)[O-])cc5)C4)C3)[C@H](C)[C@H]12. The molecule has 3 aromatic carbocycles. The zero-order valence-corrected chi connectivity index (χ0v) is 39.3. The summed E-state index contributed by atoms with van der Waals surface area (Å²) in [5, 5.41) is 51.4. The highest BCUT2D eigenvalue weighted by Crippen LogP contribution is 2.52. The predicted octanol–water partition coefficient (Wildman–Crippen LogP) is 4.82. The molecule has 0 aromatic heterocycles. The number of aliphatic hydroxyl groups is 1. The zero-order chi connectivity index (χ0) is 50.9. The number of alkyl carbamates (subject to hydrolysis) is 2. The molecule has 0 spiro atoms. The lowest BCUT2D eigenvalue weighted by molar-refractivity contribution is -0.385. The number of benzene rings is 3. The second kappa shape index (κ2) is 22.9. The Morgan fingerprint density at radius 1 is 0.831 bits per heavy atom. The van der Waals surface area contributed by atoms with Gasteiger partial charge >= 0.3 is 18.2 Å². The second-order valence-electron chi connectivity index (χ2n) is 17.5. The van der Waals surface area contributed by atoms with Crippen LogP contribution in [-0.2, 0) is 48.4 Å². The van der Waals surface area contributed by atoms with Gasteiger partial charge in [0, 0.05) is 78.7 Å². The van der Waals surface area contributed by atoms with E-state index >= 15 is 0 Å². The monoisotopic (exact) mass is 1000 g/mol. The Kier molecular flexibility index (Phi) is 16.6. The van der Waals surface area contributed by atoms with Crippen molar-refractivity contribution in [1.29, 1.82) is 0 Å². The summed E-state index contributed by atoms with van der Waals surface area (Å²) < 4.78 is 16.1. The number of thioether (sulfide) groups is 1. The van der Waals surface area contributed by atoms with Crippen LogP contribution in [0.4, 0.5) is 26.7 Å². The van der Waals surface area contributed by atoms with Crippen molar-refractivity contribution in [2.45, 2.75) is 82.8 Å². The van der Waals surface area contributed by atoms with Crippen LogP contribution in [0.1, 0.15) is 56.2 Å². The highest BCUT2D eigenvalue weighted by atomic mass is 32.2. The summed E-state index contributed by atoms with van der Waals surface area (Å²) in [6.07, 6.45) is -0.547. The molecule has 71 heavy (non-hydrogen) atoms. The molecule has 376 valence electrons. The number of nitro benzene ring substituents is 3. The molecule has 7 rings (SSSR count). The average Bonchev–Trinajstić information content (AvgIpc) is 4.08. The number of aliphatic imine (C=N–C) groups is 1. The maximum atomic E-state index is 13.8. The Balaban J connectivity index is 0.910. The molecule has 7 atom stereocenters. The van der Waals surface area contributed by atoms with E-state index in [1.54, 1.807) is 6.92 Å². The van der Waals surface area contributed by atoms with Gasteiger partial charge in [-0.05, 0) is 91.6 Å². The van der Waals surface area contributed by atoms with Crippen LogP contribution in [0.3, 0.4) is 0 Å². The predicted molar refractivity (Wildman–Crippen MR) is 252 cm³/mol. The molecule has 4 N–H and O–H groups in total. The van der Waals surface area contributed by atoms with Crippen LogP contribution in [0.5, 0.6) is 0 Å². The first-order valence-electron chi connectivity index (χ1n) is 22.7. The minimum Gasteiger partial charge on any atom is -0.456 e. The molecule has 0 unspecified atom stereocenters. The minimum atomic E-state index is -0.983. The third kappa shape index (κ3) is 12.6. The van der Waals surface area contributed by atoms with E-state index in [4.69, 9.17) is 14.2 Å². The first-order valence-corrected chi connectivity index (χ1v) is 23.6. The fourth-order valence-electron chi connectivity index (χ4n) is 8.92. The highest BCUT2D eigenvalue weighted by Gasteiger charge is 2.60. The van der Waals surface area contributed by atoms with E-state index < -0.39 is 57.0 Å². The molecule has 0 aliphatic carbocycles. The quantitative estimate of drug-likeness (QED) is 0.0194. The van der Waals surface area contributed by atoms with Crippen molar-refractivity contribution in [3.05, 3.63) is 130 Å². The van der Waals surface area contributed by atoms with E-state index in [1.165, 1.54) is 89.5 Å². The fraction of sp³-hybridized carbons (Fsp3) is 0.435. The number of rotatable bonds is 18. The number of β-lactam (4-membered cyclic amide) rings is 1. The van der Waals surface area contributed by atoms with Crippen LogP contribution in [0.25, 0.3) is 0 Å². The number of nitrogens with one attached hydrogen (secondary N) is 3. The number of hydrogen-bond acceptors (Lipinski definition) is 18. The van der Waals surface area contributed by atoms with Crippen molar-refractivity contribution in [3.8, 4) is 0 Å². The number of carbonyl (C=O) groups excluding carboxylic acids is 5. The van der Waals surface area contributed by atoms with Crippen molar-refractivity contribution in [1.82, 2.24) is 25.8 Å². The number of guanidine groups is 1. The topological polar surface area (TPSA) is 318 Å². The number of ether oxygens (including phenoxy) is 3. The zero-order valence-electron chi connectivity index (χ0n) is 38.5. The Morgan fingerprint density at radius 2 is 1.34 bits per heavy atom.